The number of hydrogen-bond acceptors (Lipinski definition) is 3. The summed E-state index contributed by atoms with van der Waals surface area (Å²) < 4.78 is 28.2. The smallest absolute Gasteiger partial charge is 0.240 e. The third-order valence-electron chi connectivity index (χ3n) is 4.81. The second-order valence-corrected chi connectivity index (χ2v) is 8.78. The van der Waals surface area contributed by atoms with Crippen molar-refractivity contribution < 1.29 is 8.42 Å². The Morgan fingerprint density at radius 3 is 2.53 bits per heavy atom. The van der Waals surface area contributed by atoms with Crippen LogP contribution in [0.4, 0.5) is 0 Å². The Kier molecular flexibility index (Phi) is 7.48. The number of rotatable bonds is 9. The number of benzene rings is 2. The van der Waals surface area contributed by atoms with Gasteiger partial charge in [-0.25, -0.2) is 18.1 Å². The zero-order chi connectivity index (χ0) is 21.4. The third-order valence-corrected chi connectivity index (χ3v) is 6.25. The molecule has 0 saturated heterocycles. The molecule has 0 amide bonds. The van der Waals surface area contributed by atoms with Crippen LogP contribution >= 0.6 is 0 Å². The first-order valence-corrected chi connectivity index (χ1v) is 11.6. The van der Waals surface area contributed by atoms with E-state index in [9.17, 15) is 8.42 Å². The minimum absolute atomic E-state index is 0.250. The van der Waals surface area contributed by atoms with E-state index in [-0.39, 0.29) is 4.90 Å². The highest BCUT2D eigenvalue weighted by atomic mass is 32.2. The lowest BCUT2D eigenvalue weighted by molar-refractivity contribution is 0.588. The molecule has 2 aromatic carbocycles. The molecular formula is C22H29N5O2S. The van der Waals surface area contributed by atoms with Crippen molar-refractivity contribution in [1.82, 2.24) is 19.9 Å². The number of sulfonamides is 1. The van der Waals surface area contributed by atoms with Crippen LogP contribution in [0, 0.1) is 0 Å². The summed E-state index contributed by atoms with van der Waals surface area (Å²) in [5, 5.41) is 7.87. The SMILES string of the molecule is CCNC(=NCc1ccc(S(=O)(=O)NC)cc1)NCCCn1ccc2ccccc21. The molecule has 0 aliphatic rings. The zero-order valence-corrected chi connectivity index (χ0v) is 18.2. The summed E-state index contributed by atoms with van der Waals surface area (Å²) in [4.78, 5) is 4.85. The largest absolute Gasteiger partial charge is 0.357 e. The van der Waals surface area contributed by atoms with Crippen LogP contribution in [0.5, 0.6) is 0 Å². The topological polar surface area (TPSA) is 87.5 Å². The van der Waals surface area contributed by atoms with E-state index < -0.39 is 10.0 Å². The number of para-hydroxylation sites is 1. The van der Waals surface area contributed by atoms with Crippen LogP contribution in [0.25, 0.3) is 10.9 Å². The van der Waals surface area contributed by atoms with Gasteiger partial charge in [-0.05, 0) is 55.6 Å². The van der Waals surface area contributed by atoms with E-state index in [2.05, 4.69) is 61.4 Å². The van der Waals surface area contributed by atoms with Gasteiger partial charge < -0.3 is 15.2 Å². The summed E-state index contributed by atoms with van der Waals surface area (Å²) in [6.45, 7) is 5.00. The van der Waals surface area contributed by atoms with E-state index in [1.807, 2.05) is 6.92 Å². The number of guanidine groups is 1. The number of fused-ring (bicyclic) bond motifs is 1. The minimum atomic E-state index is -3.41. The molecule has 0 aliphatic heterocycles. The van der Waals surface area contributed by atoms with Crippen LogP contribution in [0.3, 0.4) is 0 Å². The molecule has 7 nitrogen and oxygen atoms in total. The summed E-state index contributed by atoms with van der Waals surface area (Å²) >= 11 is 0. The van der Waals surface area contributed by atoms with Crippen molar-refractivity contribution in [2.24, 2.45) is 4.99 Å². The number of nitrogens with zero attached hydrogens (tertiary/aromatic N) is 2. The van der Waals surface area contributed by atoms with Gasteiger partial charge in [0.1, 0.15) is 0 Å². The Morgan fingerprint density at radius 1 is 1.03 bits per heavy atom. The van der Waals surface area contributed by atoms with Gasteiger partial charge in [-0.1, -0.05) is 30.3 Å². The number of aryl methyl sites for hydroxylation is 1. The Labute approximate surface area is 178 Å². The van der Waals surface area contributed by atoms with Gasteiger partial charge in [0, 0.05) is 31.3 Å². The van der Waals surface area contributed by atoms with Crippen molar-refractivity contribution >= 4 is 26.9 Å². The fourth-order valence-corrected chi connectivity index (χ4v) is 3.93. The fraction of sp³-hybridized carbons (Fsp3) is 0.318. The van der Waals surface area contributed by atoms with E-state index in [0.29, 0.717) is 6.54 Å². The first-order valence-electron chi connectivity index (χ1n) is 10.1. The van der Waals surface area contributed by atoms with Gasteiger partial charge in [-0.15, -0.1) is 0 Å². The van der Waals surface area contributed by atoms with Gasteiger partial charge in [-0.2, -0.15) is 0 Å². The lowest BCUT2D eigenvalue weighted by atomic mass is 10.2. The van der Waals surface area contributed by atoms with Crippen molar-refractivity contribution in [3.63, 3.8) is 0 Å². The van der Waals surface area contributed by atoms with E-state index in [0.717, 1.165) is 37.6 Å². The highest BCUT2D eigenvalue weighted by Crippen LogP contribution is 2.15. The molecule has 0 spiro atoms. The second-order valence-electron chi connectivity index (χ2n) is 6.89. The minimum Gasteiger partial charge on any atom is -0.357 e. The molecule has 1 heterocycles. The molecule has 3 aromatic rings. The highest BCUT2D eigenvalue weighted by Gasteiger charge is 2.10. The molecule has 1 aromatic heterocycles. The second kappa shape index (κ2) is 10.3. The van der Waals surface area contributed by atoms with Crippen LogP contribution in [-0.4, -0.2) is 39.1 Å². The number of nitrogens with one attached hydrogen (secondary N) is 3. The van der Waals surface area contributed by atoms with Crippen LogP contribution < -0.4 is 15.4 Å². The van der Waals surface area contributed by atoms with Crippen molar-refractivity contribution in [2.45, 2.75) is 31.3 Å². The standard InChI is InChI=1S/C22H29N5O2S/c1-3-24-22(26-17-18-9-11-20(12-10-18)30(28,29)23-2)25-14-6-15-27-16-13-19-7-4-5-8-21(19)27/h4-5,7-13,16,23H,3,6,14-15,17H2,1-2H3,(H2,24,25,26). The average molecular weight is 428 g/mol. The van der Waals surface area contributed by atoms with Crippen LogP contribution in [0.1, 0.15) is 18.9 Å². The first kappa shape index (κ1) is 21.9. The van der Waals surface area contributed by atoms with Crippen LogP contribution in [0.2, 0.25) is 0 Å². The Bertz CT molecular complexity index is 1090. The molecular weight excluding hydrogens is 398 g/mol. The summed E-state index contributed by atoms with van der Waals surface area (Å²) in [5.74, 6) is 0.752. The molecule has 0 aliphatic carbocycles. The summed E-state index contributed by atoms with van der Waals surface area (Å²) in [6.07, 6.45) is 3.10. The first-order chi connectivity index (χ1) is 14.5. The Hall–Kier alpha value is -2.84. The lowest BCUT2D eigenvalue weighted by Crippen LogP contribution is -2.38. The predicted octanol–water partition coefficient (Wildman–Crippen LogP) is 2.69. The fourth-order valence-electron chi connectivity index (χ4n) is 3.20. The van der Waals surface area contributed by atoms with Gasteiger partial charge in [0.2, 0.25) is 10.0 Å². The average Bonchev–Trinajstić information content (AvgIpc) is 3.18. The Morgan fingerprint density at radius 2 is 1.80 bits per heavy atom. The van der Waals surface area contributed by atoms with Gasteiger partial charge in [0.25, 0.3) is 0 Å². The molecule has 8 heteroatoms. The van der Waals surface area contributed by atoms with E-state index >= 15 is 0 Å². The quantitative estimate of drug-likeness (QED) is 0.278. The maximum atomic E-state index is 11.8. The normalized spacial score (nSPS) is 12.3. The van der Waals surface area contributed by atoms with E-state index in [4.69, 9.17) is 0 Å². The number of hydrogen-bond donors (Lipinski definition) is 3. The third kappa shape index (κ3) is 5.61. The Balaban J connectivity index is 1.53. The summed E-state index contributed by atoms with van der Waals surface area (Å²) in [5.41, 5.74) is 2.20. The molecule has 3 rings (SSSR count). The predicted molar refractivity (Wildman–Crippen MR) is 122 cm³/mol. The molecule has 30 heavy (non-hydrogen) atoms. The molecule has 0 unspecified atom stereocenters. The number of aromatic nitrogens is 1. The van der Waals surface area contributed by atoms with Gasteiger partial charge in [-0.3, -0.25) is 0 Å². The van der Waals surface area contributed by atoms with E-state index in [1.165, 1.54) is 18.0 Å². The van der Waals surface area contributed by atoms with Crippen molar-refractivity contribution in [2.75, 3.05) is 20.1 Å². The molecule has 160 valence electrons. The van der Waals surface area contributed by atoms with Crippen molar-refractivity contribution in [3.05, 3.63) is 66.4 Å². The maximum Gasteiger partial charge on any atom is 0.240 e. The lowest BCUT2D eigenvalue weighted by Gasteiger charge is -2.12. The van der Waals surface area contributed by atoms with Gasteiger partial charge in [0.15, 0.2) is 5.96 Å². The molecule has 3 N–H and O–H groups in total. The molecule has 0 fully saturated rings. The monoisotopic (exact) mass is 427 g/mol. The van der Waals surface area contributed by atoms with E-state index in [1.54, 1.807) is 24.3 Å². The van der Waals surface area contributed by atoms with Crippen molar-refractivity contribution in [3.8, 4) is 0 Å². The van der Waals surface area contributed by atoms with Gasteiger partial charge in [0.05, 0.1) is 11.4 Å². The molecule has 0 atom stereocenters. The van der Waals surface area contributed by atoms with Crippen LogP contribution in [0.15, 0.2) is 70.7 Å². The molecule has 0 bridgehead atoms. The number of aliphatic imine (C=N–C) groups is 1. The van der Waals surface area contributed by atoms with Crippen molar-refractivity contribution in [1.29, 1.82) is 0 Å². The van der Waals surface area contributed by atoms with Crippen LogP contribution in [-0.2, 0) is 23.1 Å². The zero-order valence-electron chi connectivity index (χ0n) is 17.4. The molecule has 0 saturated carbocycles. The summed E-state index contributed by atoms with van der Waals surface area (Å²) in [7, 11) is -2.01. The molecule has 0 radical (unpaired) electrons. The van der Waals surface area contributed by atoms with Gasteiger partial charge >= 0.3 is 0 Å². The highest BCUT2D eigenvalue weighted by molar-refractivity contribution is 7.89. The maximum absolute atomic E-state index is 11.8. The summed E-state index contributed by atoms with van der Waals surface area (Å²) in [6, 6.07) is 17.3.